The Morgan fingerprint density at radius 2 is 2.19 bits per heavy atom. The maximum Gasteiger partial charge on any atom is 0.0519 e. The third-order valence-corrected chi connectivity index (χ3v) is 4.31. The van der Waals surface area contributed by atoms with E-state index in [1.54, 1.807) is 0 Å². The van der Waals surface area contributed by atoms with Crippen molar-refractivity contribution >= 4 is 5.69 Å². The van der Waals surface area contributed by atoms with Crippen LogP contribution in [-0.4, -0.2) is 48.3 Å². The molecule has 1 aromatic heterocycles. The van der Waals surface area contributed by atoms with Crippen LogP contribution in [0.2, 0.25) is 0 Å². The number of likely N-dealkylation sites (N-methyl/N-ethyl adjacent to an activating group) is 1. The monoisotopic (exact) mass is 284 g/mol. The molecular formula is C17H24N4. The van der Waals surface area contributed by atoms with Crippen LogP contribution in [0.1, 0.15) is 12.0 Å². The summed E-state index contributed by atoms with van der Waals surface area (Å²) in [5, 5.41) is 6.87. The molecule has 2 heterocycles. The van der Waals surface area contributed by atoms with Gasteiger partial charge in [-0.2, -0.15) is 5.10 Å². The van der Waals surface area contributed by atoms with Crippen molar-refractivity contribution in [2.45, 2.75) is 12.8 Å². The summed E-state index contributed by atoms with van der Waals surface area (Å²) in [7, 11) is 2.23. The highest BCUT2D eigenvalue weighted by Gasteiger charge is 2.23. The largest absolute Gasteiger partial charge is 0.371 e. The quantitative estimate of drug-likeness (QED) is 0.885. The number of aromatic amines is 1. The topological polar surface area (TPSA) is 35.2 Å². The Balaban J connectivity index is 1.44. The molecular weight excluding hydrogens is 260 g/mol. The van der Waals surface area contributed by atoms with Gasteiger partial charge in [0.25, 0.3) is 0 Å². The van der Waals surface area contributed by atoms with Crippen molar-refractivity contribution in [2.24, 2.45) is 5.92 Å². The predicted molar refractivity (Wildman–Crippen MR) is 86.6 cm³/mol. The number of anilines is 1. The molecule has 0 unspecified atom stereocenters. The lowest BCUT2D eigenvalue weighted by atomic mass is 10.1. The number of hydrogen-bond donors (Lipinski definition) is 1. The number of nitrogens with zero attached hydrogens (tertiary/aromatic N) is 3. The Bertz CT molecular complexity index is 523. The zero-order valence-electron chi connectivity index (χ0n) is 12.7. The highest BCUT2D eigenvalue weighted by Crippen LogP contribution is 2.23. The first-order chi connectivity index (χ1) is 10.3. The van der Waals surface area contributed by atoms with Gasteiger partial charge in [-0.1, -0.05) is 18.2 Å². The Hall–Kier alpha value is -1.81. The normalized spacial score (nSPS) is 18.6. The van der Waals surface area contributed by atoms with E-state index in [2.05, 4.69) is 57.4 Å². The molecule has 3 rings (SSSR count). The number of benzene rings is 1. The number of nitrogens with one attached hydrogen (secondary N) is 1. The lowest BCUT2D eigenvalue weighted by Crippen LogP contribution is -2.29. The second kappa shape index (κ2) is 6.76. The fourth-order valence-corrected chi connectivity index (χ4v) is 3.12. The van der Waals surface area contributed by atoms with Gasteiger partial charge in [-0.15, -0.1) is 0 Å². The highest BCUT2D eigenvalue weighted by molar-refractivity contribution is 5.46. The zero-order valence-corrected chi connectivity index (χ0v) is 12.7. The molecule has 21 heavy (non-hydrogen) atoms. The Kier molecular flexibility index (Phi) is 4.55. The minimum absolute atomic E-state index is 0.777. The number of para-hydroxylation sites is 1. The SMILES string of the molecule is CN(CCc1cn[nH]c1)C[C@H]1CCN(c2ccccc2)C1. The van der Waals surface area contributed by atoms with Crippen molar-refractivity contribution in [2.75, 3.05) is 38.1 Å². The summed E-state index contributed by atoms with van der Waals surface area (Å²) in [5.74, 6) is 0.777. The molecule has 2 aromatic rings. The van der Waals surface area contributed by atoms with Gasteiger partial charge in [-0.25, -0.2) is 0 Å². The third-order valence-electron chi connectivity index (χ3n) is 4.31. The molecule has 0 amide bonds. The third kappa shape index (κ3) is 3.85. The molecule has 1 aliphatic heterocycles. The average molecular weight is 284 g/mol. The lowest BCUT2D eigenvalue weighted by molar-refractivity contribution is 0.290. The van der Waals surface area contributed by atoms with Crippen LogP contribution in [0.5, 0.6) is 0 Å². The van der Waals surface area contributed by atoms with Gasteiger partial charge in [-0.05, 0) is 43.5 Å². The molecule has 1 saturated heterocycles. The van der Waals surface area contributed by atoms with Gasteiger partial charge in [0, 0.05) is 38.1 Å². The van der Waals surface area contributed by atoms with E-state index in [1.165, 1.54) is 37.3 Å². The smallest absolute Gasteiger partial charge is 0.0519 e. The first kappa shape index (κ1) is 14.1. The van der Waals surface area contributed by atoms with Crippen LogP contribution in [0.4, 0.5) is 5.69 Å². The molecule has 112 valence electrons. The van der Waals surface area contributed by atoms with Gasteiger partial charge in [-0.3, -0.25) is 5.10 Å². The predicted octanol–water partition coefficient (Wildman–Crippen LogP) is 2.41. The van der Waals surface area contributed by atoms with Crippen molar-refractivity contribution in [3.63, 3.8) is 0 Å². The minimum atomic E-state index is 0.777. The summed E-state index contributed by atoms with van der Waals surface area (Å²) in [5.41, 5.74) is 2.65. The summed E-state index contributed by atoms with van der Waals surface area (Å²) in [6.45, 7) is 4.65. The molecule has 1 aliphatic rings. The van der Waals surface area contributed by atoms with Crippen molar-refractivity contribution in [3.05, 3.63) is 48.3 Å². The molecule has 1 atom stereocenters. The van der Waals surface area contributed by atoms with Crippen LogP contribution in [0, 0.1) is 5.92 Å². The molecule has 0 aliphatic carbocycles. The minimum Gasteiger partial charge on any atom is -0.371 e. The van der Waals surface area contributed by atoms with Crippen molar-refractivity contribution < 1.29 is 0 Å². The van der Waals surface area contributed by atoms with E-state index >= 15 is 0 Å². The maximum absolute atomic E-state index is 4.00. The number of H-pyrrole nitrogens is 1. The molecule has 4 nitrogen and oxygen atoms in total. The van der Waals surface area contributed by atoms with Crippen molar-refractivity contribution in [1.29, 1.82) is 0 Å². The summed E-state index contributed by atoms with van der Waals surface area (Å²) in [6, 6.07) is 10.8. The molecule has 4 heteroatoms. The average Bonchev–Trinajstić information content (AvgIpc) is 3.17. The molecule has 1 aromatic carbocycles. The second-order valence-corrected chi connectivity index (χ2v) is 6.06. The fourth-order valence-electron chi connectivity index (χ4n) is 3.12. The molecule has 1 N–H and O–H groups in total. The van der Waals surface area contributed by atoms with Crippen LogP contribution in [-0.2, 0) is 6.42 Å². The fraction of sp³-hybridized carbons (Fsp3) is 0.471. The molecule has 1 fully saturated rings. The van der Waals surface area contributed by atoms with Crippen molar-refractivity contribution in [1.82, 2.24) is 15.1 Å². The molecule has 0 spiro atoms. The van der Waals surface area contributed by atoms with E-state index < -0.39 is 0 Å². The van der Waals surface area contributed by atoms with E-state index in [0.29, 0.717) is 0 Å². The van der Waals surface area contributed by atoms with Crippen LogP contribution in [0.15, 0.2) is 42.7 Å². The van der Waals surface area contributed by atoms with Gasteiger partial charge in [0.15, 0.2) is 0 Å². The van der Waals surface area contributed by atoms with Gasteiger partial charge in [0.05, 0.1) is 6.20 Å². The molecule has 0 saturated carbocycles. The number of aromatic nitrogens is 2. The van der Waals surface area contributed by atoms with Gasteiger partial charge < -0.3 is 9.80 Å². The standard InChI is InChI=1S/C17H24N4/c1-20(9-7-15-11-18-19-12-15)13-16-8-10-21(14-16)17-5-3-2-4-6-17/h2-6,11-12,16H,7-10,13-14H2,1H3,(H,18,19)/t16-/m1/s1. The number of rotatable bonds is 6. The van der Waals surface area contributed by atoms with Crippen molar-refractivity contribution in [3.8, 4) is 0 Å². The first-order valence-electron chi connectivity index (χ1n) is 7.77. The van der Waals surface area contributed by atoms with E-state index in [0.717, 1.165) is 18.9 Å². The summed E-state index contributed by atoms with van der Waals surface area (Å²) < 4.78 is 0. The number of hydrogen-bond acceptors (Lipinski definition) is 3. The van der Waals surface area contributed by atoms with Gasteiger partial charge in [0.2, 0.25) is 0 Å². The Labute approximate surface area is 126 Å². The van der Waals surface area contributed by atoms with Crippen LogP contribution in [0.3, 0.4) is 0 Å². The lowest BCUT2D eigenvalue weighted by Gasteiger charge is -2.22. The van der Waals surface area contributed by atoms with Crippen LogP contribution < -0.4 is 4.90 Å². The van der Waals surface area contributed by atoms with Gasteiger partial charge >= 0.3 is 0 Å². The maximum atomic E-state index is 4.00. The molecule has 0 radical (unpaired) electrons. The van der Waals surface area contributed by atoms with E-state index in [1.807, 2.05) is 12.4 Å². The summed E-state index contributed by atoms with van der Waals surface area (Å²) in [6.07, 6.45) is 6.27. The zero-order chi connectivity index (χ0) is 14.5. The Morgan fingerprint density at radius 1 is 1.33 bits per heavy atom. The van der Waals surface area contributed by atoms with E-state index in [4.69, 9.17) is 0 Å². The van der Waals surface area contributed by atoms with E-state index in [-0.39, 0.29) is 0 Å². The summed E-state index contributed by atoms with van der Waals surface area (Å²) >= 11 is 0. The summed E-state index contributed by atoms with van der Waals surface area (Å²) in [4.78, 5) is 4.96. The van der Waals surface area contributed by atoms with Crippen LogP contribution in [0.25, 0.3) is 0 Å². The first-order valence-corrected chi connectivity index (χ1v) is 7.77. The highest BCUT2D eigenvalue weighted by atomic mass is 15.2. The van der Waals surface area contributed by atoms with Gasteiger partial charge in [0.1, 0.15) is 0 Å². The van der Waals surface area contributed by atoms with Crippen LogP contribution >= 0.6 is 0 Å². The second-order valence-electron chi connectivity index (χ2n) is 6.06. The molecule has 0 bridgehead atoms. The van der Waals surface area contributed by atoms with E-state index in [9.17, 15) is 0 Å². The Morgan fingerprint density at radius 3 is 2.95 bits per heavy atom.